The second-order valence-corrected chi connectivity index (χ2v) is 7.08. The molecule has 112 valence electrons. The molecule has 1 aromatic carbocycles. The molecule has 1 fully saturated rings. The molecule has 0 saturated heterocycles. The first-order valence-electron chi connectivity index (χ1n) is 7.66. The van der Waals surface area contributed by atoms with E-state index in [4.69, 9.17) is 0 Å². The van der Waals surface area contributed by atoms with Gasteiger partial charge in [-0.1, -0.05) is 12.1 Å². The molecule has 0 amide bonds. The van der Waals surface area contributed by atoms with Crippen LogP contribution < -0.4 is 4.90 Å². The fourth-order valence-corrected chi connectivity index (χ4v) is 3.33. The summed E-state index contributed by atoms with van der Waals surface area (Å²) >= 11 is 4.49. The molecule has 0 bridgehead atoms. The minimum atomic E-state index is 0.310. The van der Waals surface area contributed by atoms with Gasteiger partial charge in [-0.05, 0) is 64.4 Å². The van der Waals surface area contributed by atoms with Crippen molar-refractivity contribution in [2.45, 2.75) is 49.9 Å². The Kier molecular flexibility index (Phi) is 5.39. The summed E-state index contributed by atoms with van der Waals surface area (Å²) in [6.07, 6.45) is 5.22. The summed E-state index contributed by atoms with van der Waals surface area (Å²) in [5, 5.41) is 0.310. The molecule has 0 aromatic heterocycles. The van der Waals surface area contributed by atoms with Crippen molar-refractivity contribution in [1.29, 1.82) is 0 Å². The van der Waals surface area contributed by atoms with E-state index in [0.29, 0.717) is 11.3 Å². The minimum absolute atomic E-state index is 0.310. The number of nitrogens with zero attached hydrogens (tertiary/aromatic N) is 2. The number of hydrogen-bond donors (Lipinski definition) is 1. The van der Waals surface area contributed by atoms with Crippen molar-refractivity contribution in [2.75, 3.05) is 26.0 Å². The fraction of sp³-hybridized carbons (Fsp3) is 0.647. The summed E-state index contributed by atoms with van der Waals surface area (Å²) in [4.78, 5) is 4.83. The summed E-state index contributed by atoms with van der Waals surface area (Å²) in [6, 6.07) is 10.3. The molecule has 2 nitrogen and oxygen atoms in total. The van der Waals surface area contributed by atoms with Gasteiger partial charge in [0.2, 0.25) is 0 Å². The lowest BCUT2D eigenvalue weighted by atomic mass is 9.89. The van der Waals surface area contributed by atoms with Crippen LogP contribution in [0.15, 0.2) is 24.3 Å². The first-order chi connectivity index (χ1) is 9.49. The molecular weight excluding hydrogens is 264 g/mol. The number of hydrogen-bond acceptors (Lipinski definition) is 3. The van der Waals surface area contributed by atoms with Crippen molar-refractivity contribution in [3.63, 3.8) is 0 Å². The molecule has 3 heteroatoms. The van der Waals surface area contributed by atoms with E-state index in [2.05, 4.69) is 74.8 Å². The van der Waals surface area contributed by atoms with Gasteiger partial charge < -0.3 is 9.80 Å². The first-order valence-corrected chi connectivity index (χ1v) is 8.18. The summed E-state index contributed by atoms with van der Waals surface area (Å²) < 4.78 is 0. The fourth-order valence-electron chi connectivity index (χ4n) is 3.16. The van der Waals surface area contributed by atoms with Gasteiger partial charge in [-0.15, -0.1) is 0 Å². The zero-order valence-corrected chi connectivity index (χ0v) is 14.1. The maximum absolute atomic E-state index is 4.49. The number of anilines is 1. The van der Waals surface area contributed by atoms with Crippen LogP contribution in [0.1, 0.15) is 43.4 Å². The smallest absolute Gasteiger partial charge is 0.0366 e. The largest absolute Gasteiger partial charge is 0.372 e. The van der Waals surface area contributed by atoms with Crippen molar-refractivity contribution in [3.05, 3.63) is 29.8 Å². The van der Waals surface area contributed by atoms with E-state index in [-0.39, 0.29) is 0 Å². The Morgan fingerprint density at radius 1 is 0.950 bits per heavy atom. The maximum atomic E-state index is 4.49. The molecule has 0 radical (unpaired) electrons. The Balaban J connectivity index is 1.96. The van der Waals surface area contributed by atoms with Gasteiger partial charge in [-0.3, -0.25) is 0 Å². The summed E-state index contributed by atoms with van der Waals surface area (Å²) in [6.45, 7) is 2.12. The molecule has 1 unspecified atom stereocenters. The molecular formula is C17H28N2S. The molecule has 1 aromatic rings. The second kappa shape index (κ2) is 6.86. The van der Waals surface area contributed by atoms with Crippen molar-refractivity contribution in [3.8, 4) is 0 Å². The lowest BCUT2D eigenvalue weighted by molar-refractivity contribution is 0.215. The van der Waals surface area contributed by atoms with E-state index < -0.39 is 0 Å². The monoisotopic (exact) mass is 292 g/mol. The highest BCUT2D eigenvalue weighted by molar-refractivity contribution is 7.80. The third kappa shape index (κ3) is 3.70. The highest BCUT2D eigenvalue weighted by atomic mass is 32.1. The number of thiol groups is 1. The van der Waals surface area contributed by atoms with E-state index in [1.807, 2.05) is 0 Å². The molecule has 1 aliphatic carbocycles. The molecule has 1 aliphatic rings. The predicted octanol–water partition coefficient (Wildman–Crippen LogP) is 3.99. The third-order valence-corrected chi connectivity index (χ3v) is 5.03. The Bertz CT molecular complexity index is 406. The highest BCUT2D eigenvalue weighted by Gasteiger charge is 2.25. The van der Waals surface area contributed by atoms with Crippen LogP contribution >= 0.6 is 12.6 Å². The van der Waals surface area contributed by atoms with E-state index in [1.54, 1.807) is 0 Å². The molecule has 2 rings (SSSR count). The first kappa shape index (κ1) is 15.7. The highest BCUT2D eigenvalue weighted by Crippen LogP contribution is 2.29. The summed E-state index contributed by atoms with van der Waals surface area (Å²) in [5.74, 6) is 0. The Morgan fingerprint density at radius 3 is 1.90 bits per heavy atom. The van der Waals surface area contributed by atoms with Crippen LogP contribution in [-0.2, 0) is 0 Å². The topological polar surface area (TPSA) is 6.48 Å². The second-order valence-electron chi connectivity index (χ2n) is 6.30. The molecule has 0 heterocycles. The maximum Gasteiger partial charge on any atom is 0.0366 e. The van der Waals surface area contributed by atoms with Crippen LogP contribution in [0.2, 0.25) is 0 Å². The lowest BCUT2D eigenvalue weighted by Gasteiger charge is -2.38. The van der Waals surface area contributed by atoms with Crippen molar-refractivity contribution >= 4 is 18.3 Å². The van der Waals surface area contributed by atoms with Crippen molar-refractivity contribution in [1.82, 2.24) is 4.90 Å². The lowest BCUT2D eigenvalue weighted by Crippen LogP contribution is -2.40. The Morgan fingerprint density at radius 2 is 1.45 bits per heavy atom. The molecule has 1 atom stereocenters. The number of rotatable bonds is 4. The molecule has 0 N–H and O–H groups in total. The van der Waals surface area contributed by atoms with Crippen LogP contribution in [0.3, 0.4) is 0 Å². The van der Waals surface area contributed by atoms with E-state index in [0.717, 1.165) is 6.04 Å². The molecule has 0 spiro atoms. The van der Waals surface area contributed by atoms with Crippen LogP contribution in [0.5, 0.6) is 0 Å². The minimum Gasteiger partial charge on any atom is -0.372 e. The van der Waals surface area contributed by atoms with Crippen molar-refractivity contribution < 1.29 is 0 Å². The zero-order valence-electron chi connectivity index (χ0n) is 13.2. The zero-order chi connectivity index (χ0) is 14.7. The van der Waals surface area contributed by atoms with Crippen LogP contribution in [0, 0.1) is 0 Å². The normalized spacial score (nSPS) is 24.7. The third-order valence-electron chi connectivity index (χ3n) is 4.73. The summed E-state index contributed by atoms with van der Waals surface area (Å²) in [7, 11) is 6.64. The predicted molar refractivity (Wildman–Crippen MR) is 92.0 cm³/mol. The molecule has 20 heavy (non-hydrogen) atoms. The van der Waals surface area contributed by atoms with Crippen LogP contribution in [0.4, 0.5) is 5.69 Å². The quantitative estimate of drug-likeness (QED) is 0.838. The van der Waals surface area contributed by atoms with Gasteiger partial charge in [0.05, 0.1) is 0 Å². The Labute approximate surface area is 129 Å². The van der Waals surface area contributed by atoms with Crippen LogP contribution in [0.25, 0.3) is 0 Å². The van der Waals surface area contributed by atoms with Gasteiger partial charge in [-0.25, -0.2) is 0 Å². The van der Waals surface area contributed by atoms with E-state index in [1.165, 1.54) is 36.9 Å². The van der Waals surface area contributed by atoms with Gasteiger partial charge in [0.1, 0.15) is 0 Å². The van der Waals surface area contributed by atoms with Gasteiger partial charge >= 0.3 is 0 Å². The van der Waals surface area contributed by atoms with Gasteiger partial charge in [0, 0.05) is 30.1 Å². The molecule has 0 aliphatic heterocycles. The van der Waals surface area contributed by atoms with E-state index in [9.17, 15) is 0 Å². The van der Waals surface area contributed by atoms with Crippen LogP contribution in [-0.4, -0.2) is 38.1 Å². The standard InChI is InChI=1S/C17H28N2S/c1-13(20)14-5-7-16(8-6-14)19(4)17-11-9-15(10-12-17)18(2)3/h5-8,13,15,17,20H,9-12H2,1-4H3. The Hall–Kier alpha value is -0.670. The van der Waals surface area contributed by atoms with E-state index >= 15 is 0 Å². The average molecular weight is 292 g/mol. The average Bonchev–Trinajstić information content (AvgIpc) is 2.46. The SMILES string of the molecule is CC(S)c1ccc(N(C)C2CCC(N(C)C)CC2)cc1. The van der Waals surface area contributed by atoms with Gasteiger partial charge in [0.25, 0.3) is 0 Å². The van der Waals surface area contributed by atoms with Gasteiger partial charge in [-0.2, -0.15) is 12.6 Å². The van der Waals surface area contributed by atoms with Gasteiger partial charge in [0.15, 0.2) is 0 Å². The van der Waals surface area contributed by atoms with Crippen molar-refractivity contribution in [2.24, 2.45) is 0 Å². The summed E-state index contributed by atoms with van der Waals surface area (Å²) in [5.41, 5.74) is 2.62. The number of benzene rings is 1. The molecule has 1 saturated carbocycles.